The Kier molecular flexibility index (Phi) is 4.71. The van der Waals surface area contributed by atoms with Gasteiger partial charge in [-0.05, 0) is 55.6 Å². The highest BCUT2D eigenvalue weighted by molar-refractivity contribution is 5.93. The molecular formula is C21H25N5O4. The quantitative estimate of drug-likeness (QED) is 0.615. The first-order valence-electron chi connectivity index (χ1n) is 10.2. The van der Waals surface area contributed by atoms with Gasteiger partial charge in [0.25, 0.3) is 5.88 Å². The molecule has 0 radical (unpaired) electrons. The summed E-state index contributed by atoms with van der Waals surface area (Å²) in [6.45, 7) is 3.90. The fourth-order valence-corrected chi connectivity index (χ4v) is 3.84. The first kappa shape index (κ1) is 19.1. The molecule has 1 aliphatic heterocycles. The SMILES string of the molecule is CO[C@]1(COc2noc(C)c2-c2ccn3nc(NC(=O)C4CC4)cc3c2)CCNC1. The maximum atomic E-state index is 12.0. The highest BCUT2D eigenvalue weighted by Crippen LogP contribution is 2.35. The zero-order valence-corrected chi connectivity index (χ0v) is 17.1. The predicted octanol–water partition coefficient (Wildman–Crippen LogP) is 2.40. The number of carbonyl (C=O) groups is 1. The average Bonchev–Trinajstić information content (AvgIpc) is 3.19. The summed E-state index contributed by atoms with van der Waals surface area (Å²) in [5.41, 5.74) is 2.22. The minimum absolute atomic E-state index is 0.0395. The molecule has 1 saturated heterocycles. The molecule has 0 aromatic carbocycles. The molecule has 9 heteroatoms. The maximum absolute atomic E-state index is 12.0. The molecule has 9 nitrogen and oxygen atoms in total. The van der Waals surface area contributed by atoms with E-state index in [0.717, 1.165) is 49.0 Å². The summed E-state index contributed by atoms with van der Waals surface area (Å²) in [5, 5.41) is 14.7. The molecule has 2 aliphatic rings. The predicted molar refractivity (Wildman–Crippen MR) is 110 cm³/mol. The van der Waals surface area contributed by atoms with Crippen LogP contribution in [0.2, 0.25) is 0 Å². The van der Waals surface area contributed by atoms with Crippen molar-refractivity contribution in [3.05, 3.63) is 30.2 Å². The number of aromatic nitrogens is 3. The average molecular weight is 411 g/mol. The second-order valence-electron chi connectivity index (χ2n) is 8.10. The molecule has 5 rings (SSSR count). The van der Waals surface area contributed by atoms with Gasteiger partial charge >= 0.3 is 0 Å². The normalized spacial score (nSPS) is 21.3. The molecule has 1 amide bonds. The van der Waals surface area contributed by atoms with Crippen molar-refractivity contribution in [1.29, 1.82) is 0 Å². The summed E-state index contributed by atoms with van der Waals surface area (Å²) < 4.78 is 18.9. The van der Waals surface area contributed by atoms with Gasteiger partial charge in [-0.3, -0.25) is 4.79 Å². The fraction of sp³-hybridized carbons (Fsp3) is 0.476. The monoisotopic (exact) mass is 411 g/mol. The number of amides is 1. The number of anilines is 1. The van der Waals surface area contributed by atoms with Crippen molar-refractivity contribution in [1.82, 2.24) is 20.1 Å². The summed E-state index contributed by atoms with van der Waals surface area (Å²) >= 11 is 0. The van der Waals surface area contributed by atoms with Crippen LogP contribution < -0.4 is 15.4 Å². The molecule has 1 saturated carbocycles. The summed E-state index contributed by atoms with van der Waals surface area (Å²) in [6, 6.07) is 5.77. The van der Waals surface area contributed by atoms with Gasteiger partial charge in [0.2, 0.25) is 5.91 Å². The van der Waals surface area contributed by atoms with E-state index in [-0.39, 0.29) is 17.4 Å². The zero-order chi connectivity index (χ0) is 20.7. The molecule has 2 N–H and O–H groups in total. The molecule has 30 heavy (non-hydrogen) atoms. The molecule has 4 heterocycles. The Morgan fingerprint density at radius 1 is 1.43 bits per heavy atom. The molecule has 0 unspecified atom stereocenters. The molecule has 1 atom stereocenters. The van der Waals surface area contributed by atoms with Gasteiger partial charge in [0.15, 0.2) is 5.82 Å². The van der Waals surface area contributed by atoms with E-state index in [1.54, 1.807) is 11.6 Å². The van der Waals surface area contributed by atoms with Crippen LogP contribution in [0.3, 0.4) is 0 Å². The lowest BCUT2D eigenvalue weighted by atomic mass is 10.0. The third-order valence-electron chi connectivity index (χ3n) is 5.89. The molecule has 3 aromatic heterocycles. The van der Waals surface area contributed by atoms with Gasteiger partial charge < -0.3 is 24.6 Å². The van der Waals surface area contributed by atoms with Gasteiger partial charge in [0.1, 0.15) is 18.0 Å². The number of hydrogen-bond acceptors (Lipinski definition) is 7. The summed E-state index contributed by atoms with van der Waals surface area (Å²) in [7, 11) is 1.71. The largest absolute Gasteiger partial charge is 0.472 e. The summed E-state index contributed by atoms with van der Waals surface area (Å²) in [4.78, 5) is 12.0. The number of nitrogens with zero attached hydrogens (tertiary/aromatic N) is 3. The molecule has 158 valence electrons. The van der Waals surface area contributed by atoms with Crippen LogP contribution in [0.1, 0.15) is 25.0 Å². The first-order valence-corrected chi connectivity index (χ1v) is 10.2. The van der Waals surface area contributed by atoms with Crippen molar-refractivity contribution >= 4 is 17.2 Å². The molecule has 0 spiro atoms. The van der Waals surface area contributed by atoms with Crippen molar-refractivity contribution < 1.29 is 18.8 Å². The van der Waals surface area contributed by atoms with E-state index in [9.17, 15) is 4.79 Å². The van der Waals surface area contributed by atoms with Crippen molar-refractivity contribution in [3.63, 3.8) is 0 Å². The van der Waals surface area contributed by atoms with Gasteiger partial charge in [-0.15, -0.1) is 0 Å². The Balaban J connectivity index is 1.39. The van der Waals surface area contributed by atoms with Gasteiger partial charge in [0, 0.05) is 31.8 Å². The zero-order valence-electron chi connectivity index (χ0n) is 17.1. The van der Waals surface area contributed by atoms with Crippen LogP contribution in [0.25, 0.3) is 16.6 Å². The second kappa shape index (κ2) is 7.41. The topological polar surface area (TPSA) is 103 Å². The molecule has 1 aliphatic carbocycles. The fourth-order valence-electron chi connectivity index (χ4n) is 3.84. The molecule has 2 fully saturated rings. The van der Waals surface area contributed by atoms with E-state index < -0.39 is 0 Å². The Bertz CT molecular complexity index is 1080. The van der Waals surface area contributed by atoms with Crippen LogP contribution in [0, 0.1) is 12.8 Å². The van der Waals surface area contributed by atoms with Crippen LogP contribution in [0.4, 0.5) is 5.82 Å². The lowest BCUT2D eigenvalue weighted by Crippen LogP contribution is -2.40. The van der Waals surface area contributed by atoms with Gasteiger partial charge in [-0.2, -0.15) is 5.10 Å². The van der Waals surface area contributed by atoms with Crippen LogP contribution in [-0.4, -0.2) is 53.1 Å². The van der Waals surface area contributed by atoms with Crippen molar-refractivity contribution in [3.8, 4) is 17.0 Å². The van der Waals surface area contributed by atoms with Crippen LogP contribution in [-0.2, 0) is 9.53 Å². The van der Waals surface area contributed by atoms with Crippen molar-refractivity contribution in [2.45, 2.75) is 31.8 Å². The van der Waals surface area contributed by atoms with Crippen LogP contribution in [0.5, 0.6) is 5.88 Å². The smallest absolute Gasteiger partial charge is 0.262 e. The maximum Gasteiger partial charge on any atom is 0.262 e. The highest BCUT2D eigenvalue weighted by Gasteiger charge is 2.35. The Hall–Kier alpha value is -2.91. The highest BCUT2D eigenvalue weighted by atomic mass is 16.6. The number of aryl methyl sites for hydroxylation is 1. The molecule has 3 aromatic rings. The van der Waals surface area contributed by atoms with Gasteiger partial charge in [-0.1, -0.05) is 0 Å². The summed E-state index contributed by atoms with van der Waals surface area (Å²) in [5.74, 6) is 1.85. The lowest BCUT2D eigenvalue weighted by molar-refractivity contribution is -0.117. The number of rotatable bonds is 7. The minimum Gasteiger partial charge on any atom is -0.472 e. The number of nitrogens with one attached hydrogen (secondary N) is 2. The molecule has 0 bridgehead atoms. The van der Waals surface area contributed by atoms with E-state index in [0.29, 0.717) is 24.1 Å². The second-order valence-corrected chi connectivity index (χ2v) is 8.10. The Morgan fingerprint density at radius 2 is 2.30 bits per heavy atom. The van der Waals surface area contributed by atoms with Gasteiger partial charge in [0.05, 0.1) is 11.1 Å². The van der Waals surface area contributed by atoms with E-state index >= 15 is 0 Å². The Morgan fingerprint density at radius 3 is 3.03 bits per heavy atom. The van der Waals surface area contributed by atoms with Crippen LogP contribution >= 0.6 is 0 Å². The first-order chi connectivity index (χ1) is 14.6. The Labute approximate surface area is 173 Å². The van der Waals surface area contributed by atoms with E-state index in [4.69, 9.17) is 14.0 Å². The van der Waals surface area contributed by atoms with E-state index in [1.165, 1.54) is 0 Å². The third kappa shape index (κ3) is 3.54. The number of hydrogen-bond donors (Lipinski definition) is 2. The number of fused-ring (bicyclic) bond motifs is 1. The number of ether oxygens (including phenoxy) is 2. The van der Waals surface area contributed by atoms with Gasteiger partial charge in [-0.25, -0.2) is 4.52 Å². The number of methoxy groups -OCH3 is 1. The summed E-state index contributed by atoms with van der Waals surface area (Å²) in [6.07, 6.45) is 4.65. The van der Waals surface area contributed by atoms with E-state index in [2.05, 4.69) is 20.9 Å². The van der Waals surface area contributed by atoms with Crippen molar-refractivity contribution in [2.24, 2.45) is 5.92 Å². The van der Waals surface area contributed by atoms with E-state index in [1.807, 2.05) is 31.3 Å². The number of pyridine rings is 1. The molecular weight excluding hydrogens is 386 g/mol. The van der Waals surface area contributed by atoms with Crippen LogP contribution in [0.15, 0.2) is 28.9 Å². The standard InChI is InChI=1S/C21H25N5O4/c1-13-18(20(25-30-13)29-12-21(28-2)6-7-22-11-21)15-5-8-26-16(9-15)10-17(24-26)23-19(27)14-3-4-14/h5,8-10,14,22H,3-4,6-7,11-12H2,1-2H3,(H,23,24,27)/t21-/m1/s1. The number of carbonyl (C=O) groups excluding carboxylic acids is 1. The lowest BCUT2D eigenvalue weighted by Gasteiger charge is -2.25. The minimum atomic E-state index is -0.353. The van der Waals surface area contributed by atoms with Crippen molar-refractivity contribution in [2.75, 3.05) is 32.1 Å². The third-order valence-corrected chi connectivity index (χ3v) is 5.89.